The van der Waals surface area contributed by atoms with Gasteiger partial charge in [0, 0.05) is 13.0 Å². The van der Waals surface area contributed by atoms with Gasteiger partial charge < -0.3 is 4.74 Å². The lowest BCUT2D eigenvalue weighted by Crippen LogP contribution is -2.29. The van der Waals surface area contributed by atoms with Gasteiger partial charge in [0.25, 0.3) is 5.82 Å². The van der Waals surface area contributed by atoms with Crippen molar-refractivity contribution in [1.29, 1.82) is 5.26 Å². The molecule has 4 nitrogen and oxygen atoms in total. The predicted molar refractivity (Wildman–Crippen MR) is 90.4 cm³/mol. The van der Waals surface area contributed by atoms with E-state index in [1.165, 1.54) is 29.7 Å². The number of H-pyrrole nitrogens is 1. The van der Waals surface area contributed by atoms with Gasteiger partial charge in [0.15, 0.2) is 0 Å². The van der Waals surface area contributed by atoms with Crippen molar-refractivity contribution in [3.63, 3.8) is 0 Å². The summed E-state index contributed by atoms with van der Waals surface area (Å²) in [6.07, 6.45) is 8.14. The summed E-state index contributed by atoms with van der Waals surface area (Å²) >= 11 is 0. The third-order valence-corrected chi connectivity index (χ3v) is 4.91. The van der Waals surface area contributed by atoms with Crippen LogP contribution in [0.5, 0.6) is 0 Å². The number of pyridine rings is 1. The summed E-state index contributed by atoms with van der Waals surface area (Å²) in [6, 6.07) is 2.45. The second kappa shape index (κ2) is 7.31. The average molecular weight is 314 g/mol. The maximum atomic E-state index is 9.70. The van der Waals surface area contributed by atoms with Crippen LogP contribution in [-0.2, 0) is 24.0 Å². The molecule has 1 aromatic heterocycles. The van der Waals surface area contributed by atoms with Crippen LogP contribution in [0.1, 0.15) is 61.9 Å². The Bertz CT molecular complexity index is 598. The third kappa shape index (κ3) is 3.67. The summed E-state index contributed by atoms with van der Waals surface area (Å²) in [7, 11) is 0. The van der Waals surface area contributed by atoms with E-state index in [1.807, 2.05) is 0 Å². The lowest BCUT2D eigenvalue weighted by molar-refractivity contribution is -0.375. The van der Waals surface area contributed by atoms with Crippen molar-refractivity contribution in [3.05, 3.63) is 22.4 Å². The van der Waals surface area contributed by atoms with Gasteiger partial charge in [-0.05, 0) is 55.6 Å². The Morgan fingerprint density at radius 3 is 2.70 bits per heavy atom. The van der Waals surface area contributed by atoms with Crippen LogP contribution in [0.15, 0.2) is 0 Å². The molecule has 3 rings (SSSR count). The molecule has 2 N–H and O–H groups in total. The van der Waals surface area contributed by atoms with Crippen molar-refractivity contribution in [2.75, 3.05) is 18.5 Å². The van der Waals surface area contributed by atoms with Crippen LogP contribution in [-0.4, -0.2) is 19.3 Å². The summed E-state index contributed by atoms with van der Waals surface area (Å²) in [5.74, 6) is 1.51. The highest BCUT2D eigenvalue weighted by atomic mass is 16.5. The minimum atomic E-state index is 0.277. The normalized spacial score (nSPS) is 20.3. The zero-order chi connectivity index (χ0) is 16.2. The second-order valence-electron chi connectivity index (χ2n) is 7.24. The molecule has 23 heavy (non-hydrogen) atoms. The Morgan fingerprint density at radius 2 is 2.04 bits per heavy atom. The van der Waals surface area contributed by atoms with Gasteiger partial charge in [0.2, 0.25) is 0 Å². The minimum absolute atomic E-state index is 0.277. The Morgan fingerprint density at radius 1 is 1.26 bits per heavy atom. The van der Waals surface area contributed by atoms with E-state index in [1.54, 1.807) is 0 Å². The number of fused-ring (bicyclic) bond motifs is 1. The van der Waals surface area contributed by atoms with Crippen molar-refractivity contribution in [1.82, 2.24) is 0 Å². The first-order valence-corrected chi connectivity index (χ1v) is 9.04. The maximum Gasteiger partial charge on any atom is 0.290 e. The van der Waals surface area contributed by atoms with Crippen LogP contribution in [0.3, 0.4) is 0 Å². The Labute approximate surface area is 139 Å². The lowest BCUT2D eigenvalue weighted by Gasteiger charge is -2.21. The quantitative estimate of drug-likeness (QED) is 0.909. The largest absolute Gasteiger partial charge is 0.374 e. The number of nitrogens with zero attached hydrogens (tertiary/aromatic N) is 1. The van der Waals surface area contributed by atoms with Gasteiger partial charge in [-0.3, -0.25) is 5.32 Å². The van der Waals surface area contributed by atoms with Crippen molar-refractivity contribution >= 4 is 5.82 Å². The fourth-order valence-electron chi connectivity index (χ4n) is 3.81. The summed E-state index contributed by atoms with van der Waals surface area (Å²) in [6.45, 7) is 6.15. The van der Waals surface area contributed by atoms with Crippen LogP contribution in [0.2, 0.25) is 0 Å². The maximum absolute atomic E-state index is 9.70. The van der Waals surface area contributed by atoms with Crippen LogP contribution < -0.4 is 10.3 Å². The number of aromatic nitrogens is 1. The molecule has 1 saturated heterocycles. The average Bonchev–Trinajstić information content (AvgIpc) is 3.06. The van der Waals surface area contributed by atoms with Gasteiger partial charge >= 0.3 is 0 Å². The van der Waals surface area contributed by atoms with Crippen molar-refractivity contribution in [2.45, 2.75) is 64.9 Å². The highest BCUT2D eigenvalue weighted by molar-refractivity contribution is 5.56. The predicted octanol–water partition coefficient (Wildman–Crippen LogP) is 3.04. The molecule has 4 heteroatoms. The van der Waals surface area contributed by atoms with Crippen molar-refractivity contribution in [3.8, 4) is 6.07 Å². The van der Waals surface area contributed by atoms with E-state index in [0.29, 0.717) is 5.92 Å². The molecular weight excluding hydrogens is 286 g/mol. The van der Waals surface area contributed by atoms with Crippen molar-refractivity contribution < 1.29 is 9.72 Å². The number of ether oxygens (including phenoxy) is 1. The topological polar surface area (TPSA) is 59.2 Å². The molecule has 1 aliphatic carbocycles. The number of hydrogen-bond acceptors (Lipinski definition) is 3. The number of hydrogen-bond donors (Lipinski definition) is 1. The van der Waals surface area contributed by atoms with E-state index in [9.17, 15) is 5.26 Å². The van der Waals surface area contributed by atoms with E-state index >= 15 is 0 Å². The van der Waals surface area contributed by atoms with Gasteiger partial charge in [-0.2, -0.15) is 5.26 Å². The standard InChI is InChI=1S/C19H27N3O/c1-13(2)10-18-16-8-4-3-7-15(16)17(11-20)19(22-18)21-12-14-6-5-9-23-14/h13-14H,3-10,12H2,1-2H3,(H,21,22)/p+1/t14-/m1/s1. The van der Waals surface area contributed by atoms with Crippen LogP contribution in [0.25, 0.3) is 0 Å². The van der Waals surface area contributed by atoms with Gasteiger partial charge in [-0.25, -0.2) is 4.98 Å². The zero-order valence-corrected chi connectivity index (χ0v) is 14.4. The number of nitrogens with one attached hydrogen (secondary N) is 2. The van der Waals surface area contributed by atoms with E-state index < -0.39 is 0 Å². The molecule has 1 aromatic rings. The van der Waals surface area contributed by atoms with E-state index in [0.717, 1.165) is 56.6 Å². The number of aromatic amines is 1. The molecule has 0 unspecified atom stereocenters. The van der Waals surface area contributed by atoms with Crippen molar-refractivity contribution in [2.24, 2.45) is 5.92 Å². The number of nitriles is 1. The molecule has 0 bridgehead atoms. The summed E-state index contributed by atoms with van der Waals surface area (Å²) < 4.78 is 5.70. The molecular formula is C19H28N3O+. The first-order valence-electron chi connectivity index (χ1n) is 9.04. The van der Waals surface area contributed by atoms with Crippen LogP contribution >= 0.6 is 0 Å². The van der Waals surface area contributed by atoms with Gasteiger partial charge in [0.05, 0.1) is 6.10 Å². The summed E-state index contributed by atoms with van der Waals surface area (Å²) in [5, 5.41) is 13.2. The van der Waals surface area contributed by atoms with E-state index in [2.05, 4.69) is 30.2 Å². The number of rotatable bonds is 5. The molecule has 0 spiro atoms. The minimum Gasteiger partial charge on any atom is -0.374 e. The monoisotopic (exact) mass is 314 g/mol. The summed E-state index contributed by atoms with van der Waals surface area (Å²) in [5.41, 5.74) is 4.83. The molecule has 2 heterocycles. The molecule has 0 aromatic carbocycles. The van der Waals surface area contributed by atoms with Gasteiger partial charge in [0.1, 0.15) is 23.9 Å². The fraction of sp³-hybridized carbons (Fsp3) is 0.684. The van der Waals surface area contributed by atoms with E-state index in [4.69, 9.17) is 4.74 Å². The zero-order valence-electron chi connectivity index (χ0n) is 14.4. The van der Waals surface area contributed by atoms with Gasteiger partial charge in [-0.15, -0.1) is 0 Å². The Hall–Kier alpha value is -1.60. The smallest absolute Gasteiger partial charge is 0.290 e. The van der Waals surface area contributed by atoms with E-state index in [-0.39, 0.29) is 6.10 Å². The first-order chi connectivity index (χ1) is 11.2. The Kier molecular flexibility index (Phi) is 5.17. The molecule has 0 amide bonds. The molecule has 124 valence electrons. The van der Waals surface area contributed by atoms with Gasteiger partial charge in [-0.1, -0.05) is 13.8 Å². The highest BCUT2D eigenvalue weighted by Gasteiger charge is 2.27. The SMILES string of the molecule is CC(C)Cc1[nH+]c(NC[C@H]2CCCO2)c(C#N)c2c1CCCC2. The second-order valence-corrected chi connectivity index (χ2v) is 7.24. The molecule has 0 saturated carbocycles. The highest BCUT2D eigenvalue weighted by Crippen LogP contribution is 2.29. The Balaban J connectivity index is 1.91. The molecule has 0 radical (unpaired) electrons. The fourth-order valence-corrected chi connectivity index (χ4v) is 3.81. The summed E-state index contributed by atoms with van der Waals surface area (Å²) in [4.78, 5) is 3.56. The first kappa shape index (κ1) is 16.3. The molecule has 2 aliphatic rings. The number of anilines is 1. The molecule has 1 atom stereocenters. The lowest BCUT2D eigenvalue weighted by atomic mass is 9.86. The molecule has 1 fully saturated rings. The third-order valence-electron chi connectivity index (χ3n) is 4.91. The van der Waals surface area contributed by atoms with Crippen LogP contribution in [0, 0.1) is 17.2 Å². The molecule has 1 aliphatic heterocycles. The van der Waals surface area contributed by atoms with Crippen LogP contribution in [0.4, 0.5) is 5.82 Å².